The maximum absolute atomic E-state index is 3.48. The molecule has 2 heteroatoms. The molecule has 1 aromatic rings. The Bertz CT molecular complexity index is 294. The Balaban J connectivity index is 2.40. The van der Waals surface area contributed by atoms with Crippen LogP contribution in [0.25, 0.3) is 0 Å². The van der Waals surface area contributed by atoms with E-state index in [-0.39, 0.29) is 0 Å². The van der Waals surface area contributed by atoms with Crippen LogP contribution in [0.2, 0.25) is 0 Å². The lowest BCUT2D eigenvalue weighted by Crippen LogP contribution is -2.16. The van der Waals surface area contributed by atoms with Gasteiger partial charge >= 0.3 is 0 Å². The lowest BCUT2D eigenvalue weighted by molar-refractivity contribution is 0.725. The van der Waals surface area contributed by atoms with E-state index >= 15 is 0 Å². The number of rotatable bonds is 1. The van der Waals surface area contributed by atoms with Gasteiger partial charge in [0.25, 0.3) is 0 Å². The fourth-order valence-electron chi connectivity index (χ4n) is 1.82. The van der Waals surface area contributed by atoms with E-state index in [9.17, 15) is 0 Å². The monoisotopic (exact) mass is 176 g/mol. The SMILES string of the molecule is CCc1cccc2c1NCCNC2. The summed E-state index contributed by atoms with van der Waals surface area (Å²) in [5.74, 6) is 0. The molecule has 13 heavy (non-hydrogen) atoms. The second-order valence-corrected chi connectivity index (χ2v) is 3.41. The number of fused-ring (bicyclic) bond motifs is 1. The van der Waals surface area contributed by atoms with Crippen molar-refractivity contribution >= 4 is 5.69 Å². The lowest BCUT2D eigenvalue weighted by Gasteiger charge is -2.11. The summed E-state index contributed by atoms with van der Waals surface area (Å²) < 4.78 is 0. The number of hydrogen-bond donors (Lipinski definition) is 2. The van der Waals surface area contributed by atoms with Crippen LogP contribution in [0.15, 0.2) is 18.2 Å². The van der Waals surface area contributed by atoms with Crippen molar-refractivity contribution in [1.82, 2.24) is 5.32 Å². The second-order valence-electron chi connectivity index (χ2n) is 3.41. The predicted octanol–water partition coefficient (Wildman–Crippen LogP) is 1.76. The van der Waals surface area contributed by atoms with E-state index in [2.05, 4.69) is 35.8 Å². The van der Waals surface area contributed by atoms with Gasteiger partial charge in [0.1, 0.15) is 0 Å². The van der Waals surface area contributed by atoms with Crippen LogP contribution in [0.4, 0.5) is 5.69 Å². The summed E-state index contributed by atoms with van der Waals surface area (Å²) >= 11 is 0. The van der Waals surface area contributed by atoms with Gasteiger partial charge in [-0.1, -0.05) is 25.1 Å². The quantitative estimate of drug-likeness (QED) is 0.681. The molecule has 1 aromatic carbocycles. The Hall–Kier alpha value is -1.02. The number of nitrogens with one attached hydrogen (secondary N) is 2. The summed E-state index contributed by atoms with van der Waals surface area (Å²) in [4.78, 5) is 0. The third-order valence-electron chi connectivity index (χ3n) is 2.54. The maximum Gasteiger partial charge on any atom is 0.0418 e. The minimum Gasteiger partial charge on any atom is -0.383 e. The number of hydrogen-bond acceptors (Lipinski definition) is 2. The largest absolute Gasteiger partial charge is 0.383 e. The van der Waals surface area contributed by atoms with Gasteiger partial charge in [-0.3, -0.25) is 0 Å². The Morgan fingerprint density at radius 2 is 2.23 bits per heavy atom. The molecule has 2 rings (SSSR count). The lowest BCUT2D eigenvalue weighted by atomic mass is 10.1. The Morgan fingerprint density at radius 3 is 3.08 bits per heavy atom. The molecule has 0 fully saturated rings. The molecule has 1 aliphatic rings. The molecule has 0 aliphatic carbocycles. The van der Waals surface area contributed by atoms with E-state index in [0.717, 1.165) is 26.1 Å². The van der Waals surface area contributed by atoms with Crippen LogP contribution >= 0.6 is 0 Å². The zero-order valence-electron chi connectivity index (χ0n) is 8.06. The zero-order valence-corrected chi connectivity index (χ0v) is 8.06. The molecule has 70 valence electrons. The Morgan fingerprint density at radius 1 is 1.31 bits per heavy atom. The zero-order chi connectivity index (χ0) is 9.10. The first-order valence-corrected chi connectivity index (χ1v) is 4.97. The van der Waals surface area contributed by atoms with E-state index in [0.29, 0.717) is 0 Å². The number of benzene rings is 1. The molecule has 1 aliphatic heterocycles. The van der Waals surface area contributed by atoms with Crippen molar-refractivity contribution in [2.24, 2.45) is 0 Å². The van der Waals surface area contributed by atoms with Crippen LogP contribution in [-0.4, -0.2) is 13.1 Å². The minimum atomic E-state index is 0.996. The van der Waals surface area contributed by atoms with Crippen molar-refractivity contribution in [1.29, 1.82) is 0 Å². The summed E-state index contributed by atoms with van der Waals surface area (Å²) in [6.45, 7) is 5.29. The molecule has 2 nitrogen and oxygen atoms in total. The van der Waals surface area contributed by atoms with Crippen LogP contribution < -0.4 is 10.6 Å². The summed E-state index contributed by atoms with van der Waals surface area (Å²) in [5.41, 5.74) is 4.19. The van der Waals surface area contributed by atoms with E-state index in [4.69, 9.17) is 0 Å². The third-order valence-corrected chi connectivity index (χ3v) is 2.54. The van der Waals surface area contributed by atoms with Gasteiger partial charge in [-0.05, 0) is 17.5 Å². The molecule has 0 unspecified atom stereocenters. The molecule has 0 aromatic heterocycles. The highest BCUT2D eigenvalue weighted by Crippen LogP contribution is 2.22. The molecule has 0 atom stereocenters. The van der Waals surface area contributed by atoms with Gasteiger partial charge in [0.05, 0.1) is 0 Å². The highest BCUT2D eigenvalue weighted by Gasteiger charge is 2.08. The van der Waals surface area contributed by atoms with Crippen LogP contribution in [0.3, 0.4) is 0 Å². The molecule has 0 radical (unpaired) electrons. The van der Waals surface area contributed by atoms with E-state index in [1.165, 1.54) is 16.8 Å². The van der Waals surface area contributed by atoms with Crippen molar-refractivity contribution < 1.29 is 0 Å². The van der Waals surface area contributed by atoms with Crippen molar-refractivity contribution in [3.05, 3.63) is 29.3 Å². The fourth-order valence-corrected chi connectivity index (χ4v) is 1.82. The normalized spacial score (nSPS) is 15.8. The van der Waals surface area contributed by atoms with Gasteiger partial charge in [-0.25, -0.2) is 0 Å². The van der Waals surface area contributed by atoms with Crippen molar-refractivity contribution in [3.63, 3.8) is 0 Å². The average Bonchev–Trinajstić information content (AvgIpc) is 2.41. The van der Waals surface area contributed by atoms with Crippen LogP contribution in [-0.2, 0) is 13.0 Å². The average molecular weight is 176 g/mol. The molecule has 2 N–H and O–H groups in total. The van der Waals surface area contributed by atoms with Crippen LogP contribution in [0.5, 0.6) is 0 Å². The minimum absolute atomic E-state index is 0.996. The second kappa shape index (κ2) is 3.79. The summed E-state index contributed by atoms with van der Waals surface area (Å²) in [6.07, 6.45) is 1.11. The molecular formula is C11H16N2. The van der Waals surface area contributed by atoms with Crippen molar-refractivity contribution in [3.8, 4) is 0 Å². The first-order chi connectivity index (χ1) is 6.42. The Labute approximate surface area is 79.4 Å². The van der Waals surface area contributed by atoms with Crippen molar-refractivity contribution in [2.75, 3.05) is 18.4 Å². The predicted molar refractivity (Wildman–Crippen MR) is 56.0 cm³/mol. The molecule has 0 amide bonds. The highest BCUT2D eigenvalue weighted by molar-refractivity contribution is 5.58. The number of aryl methyl sites for hydroxylation is 1. The number of para-hydroxylation sites is 1. The topological polar surface area (TPSA) is 24.1 Å². The summed E-state index contributed by atoms with van der Waals surface area (Å²) in [7, 11) is 0. The number of anilines is 1. The fraction of sp³-hybridized carbons (Fsp3) is 0.455. The molecule has 0 saturated heterocycles. The summed E-state index contributed by atoms with van der Waals surface area (Å²) in [5, 5.41) is 6.87. The van der Waals surface area contributed by atoms with Crippen LogP contribution in [0, 0.1) is 0 Å². The molecular weight excluding hydrogens is 160 g/mol. The standard InChI is InChI=1S/C11H16N2/c1-2-9-4-3-5-10-8-12-6-7-13-11(9)10/h3-5,12-13H,2,6-8H2,1H3. The van der Waals surface area contributed by atoms with E-state index in [1.54, 1.807) is 0 Å². The van der Waals surface area contributed by atoms with Crippen molar-refractivity contribution in [2.45, 2.75) is 19.9 Å². The smallest absolute Gasteiger partial charge is 0.0418 e. The van der Waals surface area contributed by atoms with E-state index in [1.807, 2.05) is 0 Å². The first kappa shape index (κ1) is 8.57. The maximum atomic E-state index is 3.48. The van der Waals surface area contributed by atoms with Gasteiger partial charge in [0, 0.05) is 25.3 Å². The first-order valence-electron chi connectivity index (χ1n) is 4.97. The van der Waals surface area contributed by atoms with Gasteiger partial charge < -0.3 is 10.6 Å². The third kappa shape index (κ3) is 1.68. The van der Waals surface area contributed by atoms with Gasteiger partial charge in [-0.2, -0.15) is 0 Å². The van der Waals surface area contributed by atoms with Gasteiger partial charge in [-0.15, -0.1) is 0 Å². The molecule has 0 spiro atoms. The Kier molecular flexibility index (Phi) is 2.50. The van der Waals surface area contributed by atoms with Gasteiger partial charge in [0.15, 0.2) is 0 Å². The molecule has 0 saturated carbocycles. The highest BCUT2D eigenvalue weighted by atomic mass is 15.0. The van der Waals surface area contributed by atoms with Crippen LogP contribution in [0.1, 0.15) is 18.1 Å². The molecule has 1 heterocycles. The van der Waals surface area contributed by atoms with Gasteiger partial charge in [0.2, 0.25) is 0 Å². The van der Waals surface area contributed by atoms with E-state index < -0.39 is 0 Å². The molecule has 0 bridgehead atoms. The summed E-state index contributed by atoms with van der Waals surface area (Å²) in [6, 6.07) is 6.54.